The number of hydrogen-bond acceptors (Lipinski definition) is 4. The van der Waals surface area contributed by atoms with Crippen molar-refractivity contribution in [1.82, 2.24) is 4.90 Å². The van der Waals surface area contributed by atoms with Crippen LogP contribution in [-0.2, 0) is 4.79 Å². The Hall–Kier alpha value is -3.45. The van der Waals surface area contributed by atoms with Gasteiger partial charge < -0.3 is 14.9 Å². The summed E-state index contributed by atoms with van der Waals surface area (Å²) >= 11 is 1.20. The molecule has 1 saturated heterocycles. The van der Waals surface area contributed by atoms with E-state index >= 15 is 0 Å². The summed E-state index contributed by atoms with van der Waals surface area (Å²) in [7, 11) is 0. The van der Waals surface area contributed by atoms with Crippen LogP contribution >= 0.6 is 11.3 Å². The summed E-state index contributed by atoms with van der Waals surface area (Å²) in [6.45, 7) is 0.340. The Morgan fingerprint density at radius 1 is 0.914 bits per heavy atom. The molecule has 2 aliphatic rings. The highest BCUT2D eigenvalue weighted by molar-refractivity contribution is 7.18. The molecule has 180 valence electrons. The minimum absolute atomic E-state index is 0.0630. The van der Waals surface area contributed by atoms with Crippen molar-refractivity contribution in [1.29, 1.82) is 0 Å². The summed E-state index contributed by atoms with van der Waals surface area (Å²) in [5.74, 6) is -1.20. The second-order valence-corrected chi connectivity index (χ2v) is 10.3. The van der Waals surface area contributed by atoms with E-state index in [2.05, 4.69) is 0 Å². The quantitative estimate of drug-likeness (QED) is 0.511. The summed E-state index contributed by atoms with van der Waals surface area (Å²) in [5, 5.41) is 10.0. The van der Waals surface area contributed by atoms with Crippen LogP contribution in [0.5, 0.6) is 0 Å². The molecule has 2 heterocycles. The predicted octanol–water partition coefficient (Wildman–Crippen LogP) is 5.55. The molecule has 1 aliphatic heterocycles. The molecule has 3 aromatic rings. The Morgan fingerprint density at radius 2 is 1.57 bits per heavy atom. The fourth-order valence-corrected chi connectivity index (χ4v) is 6.36. The predicted molar refractivity (Wildman–Crippen MR) is 137 cm³/mol. The Balaban J connectivity index is 1.53. The number of carbonyl (C=O) groups is 3. The lowest BCUT2D eigenvalue weighted by molar-refractivity contribution is -0.122. The fourth-order valence-electron chi connectivity index (χ4n) is 5.36. The molecule has 0 unspecified atom stereocenters. The average molecular weight is 489 g/mol. The first-order valence-corrected chi connectivity index (χ1v) is 12.9. The maximum Gasteiger partial charge on any atom is 0.348 e. The van der Waals surface area contributed by atoms with Gasteiger partial charge in [0.2, 0.25) is 5.91 Å². The summed E-state index contributed by atoms with van der Waals surface area (Å²) in [6.07, 6.45) is 5.28. The number of hydrogen-bond donors (Lipinski definition) is 1. The van der Waals surface area contributed by atoms with Crippen LogP contribution in [0.1, 0.15) is 52.1 Å². The maximum absolute atomic E-state index is 13.7. The van der Waals surface area contributed by atoms with E-state index < -0.39 is 5.97 Å². The van der Waals surface area contributed by atoms with Crippen LogP contribution in [0, 0.1) is 5.92 Å². The normalized spacial score (nSPS) is 19.1. The van der Waals surface area contributed by atoms with Gasteiger partial charge in [-0.3, -0.25) is 9.59 Å². The van der Waals surface area contributed by atoms with Gasteiger partial charge in [0.05, 0.1) is 11.7 Å². The number of nitrogens with zero attached hydrogens (tertiary/aromatic N) is 2. The number of anilines is 1. The first kappa shape index (κ1) is 23.3. The van der Waals surface area contributed by atoms with Gasteiger partial charge in [0, 0.05) is 17.0 Å². The zero-order valence-electron chi connectivity index (χ0n) is 19.4. The Morgan fingerprint density at radius 3 is 2.23 bits per heavy atom. The van der Waals surface area contributed by atoms with Crippen molar-refractivity contribution in [2.75, 3.05) is 18.0 Å². The maximum atomic E-state index is 13.7. The van der Waals surface area contributed by atoms with Gasteiger partial charge in [-0.05, 0) is 42.5 Å². The highest BCUT2D eigenvalue weighted by atomic mass is 32.1. The average Bonchev–Trinajstić information content (AvgIpc) is 3.35. The minimum atomic E-state index is -1.04. The Kier molecular flexibility index (Phi) is 6.68. The second kappa shape index (κ2) is 10.0. The summed E-state index contributed by atoms with van der Waals surface area (Å²) in [6, 6.07) is 20.3. The molecule has 0 spiro atoms. The highest BCUT2D eigenvalue weighted by Crippen LogP contribution is 2.41. The zero-order chi connectivity index (χ0) is 24.4. The molecule has 2 aromatic carbocycles. The molecule has 0 bridgehead atoms. The number of rotatable bonds is 5. The number of carboxylic acids is 1. The molecule has 6 nitrogen and oxygen atoms in total. The smallest absolute Gasteiger partial charge is 0.348 e. The first-order valence-electron chi connectivity index (χ1n) is 12.1. The fraction of sp³-hybridized carbons (Fsp3) is 0.321. The van der Waals surface area contributed by atoms with Crippen molar-refractivity contribution in [3.63, 3.8) is 0 Å². The van der Waals surface area contributed by atoms with Gasteiger partial charge >= 0.3 is 5.97 Å². The largest absolute Gasteiger partial charge is 0.477 e. The molecule has 35 heavy (non-hydrogen) atoms. The third-order valence-corrected chi connectivity index (χ3v) is 8.22. The van der Waals surface area contributed by atoms with E-state index in [0.717, 1.165) is 36.1 Å². The van der Waals surface area contributed by atoms with Gasteiger partial charge in [-0.25, -0.2) is 4.79 Å². The van der Waals surface area contributed by atoms with Gasteiger partial charge in [0.25, 0.3) is 5.91 Å². The van der Waals surface area contributed by atoms with E-state index in [1.165, 1.54) is 17.8 Å². The minimum Gasteiger partial charge on any atom is -0.477 e. The van der Waals surface area contributed by atoms with Crippen molar-refractivity contribution in [3.8, 4) is 10.4 Å². The zero-order valence-corrected chi connectivity index (χ0v) is 20.2. The molecule has 2 amide bonds. The second-order valence-electron chi connectivity index (χ2n) is 9.28. The van der Waals surface area contributed by atoms with Gasteiger partial charge in [-0.15, -0.1) is 11.3 Å². The summed E-state index contributed by atoms with van der Waals surface area (Å²) in [5.41, 5.74) is 1.93. The van der Waals surface area contributed by atoms with Gasteiger partial charge in [0.1, 0.15) is 11.4 Å². The van der Waals surface area contributed by atoms with Crippen molar-refractivity contribution in [2.45, 2.75) is 38.1 Å². The number of piperazine rings is 1. The highest BCUT2D eigenvalue weighted by Gasteiger charge is 2.42. The van der Waals surface area contributed by atoms with E-state index in [4.69, 9.17) is 0 Å². The van der Waals surface area contributed by atoms with E-state index in [9.17, 15) is 19.5 Å². The molecule has 7 heteroatoms. The first-order chi connectivity index (χ1) is 17.0. The van der Waals surface area contributed by atoms with Gasteiger partial charge in [-0.1, -0.05) is 67.8 Å². The van der Waals surface area contributed by atoms with E-state index in [1.807, 2.05) is 54.6 Å². The number of carbonyl (C=O) groups excluding carboxylic acids is 2. The van der Waals surface area contributed by atoms with E-state index in [0.29, 0.717) is 17.8 Å². The molecular weight excluding hydrogens is 460 g/mol. The number of benzene rings is 2. The number of carboxylic acid groups (broad SMARTS) is 1. The molecule has 1 atom stereocenters. The van der Waals surface area contributed by atoms with Crippen LogP contribution in [0.4, 0.5) is 5.69 Å². The Bertz CT molecular complexity index is 1220. The molecule has 1 aliphatic carbocycles. The molecule has 2 fully saturated rings. The molecule has 1 saturated carbocycles. The summed E-state index contributed by atoms with van der Waals surface area (Å²) < 4.78 is 0. The van der Waals surface area contributed by atoms with Crippen LogP contribution in [0.15, 0.2) is 66.7 Å². The van der Waals surface area contributed by atoms with Crippen LogP contribution in [0.25, 0.3) is 10.4 Å². The summed E-state index contributed by atoms with van der Waals surface area (Å²) in [4.78, 5) is 43.5. The van der Waals surface area contributed by atoms with Crippen LogP contribution in [0.3, 0.4) is 0 Å². The number of aromatic carboxylic acids is 1. The van der Waals surface area contributed by atoms with E-state index in [1.54, 1.807) is 21.9 Å². The van der Waals surface area contributed by atoms with Crippen molar-refractivity contribution < 1.29 is 19.5 Å². The molecule has 5 rings (SSSR count). The third-order valence-electron chi connectivity index (χ3n) is 7.06. The topological polar surface area (TPSA) is 77.9 Å². The van der Waals surface area contributed by atoms with Crippen molar-refractivity contribution in [3.05, 3.63) is 77.2 Å². The van der Waals surface area contributed by atoms with Crippen LogP contribution in [0.2, 0.25) is 0 Å². The van der Waals surface area contributed by atoms with Crippen LogP contribution in [-0.4, -0.2) is 46.9 Å². The third kappa shape index (κ3) is 4.73. The Labute approximate surface area is 208 Å². The monoisotopic (exact) mass is 488 g/mol. The molecule has 0 radical (unpaired) electrons. The van der Waals surface area contributed by atoms with Gasteiger partial charge in [0.15, 0.2) is 0 Å². The van der Waals surface area contributed by atoms with Crippen LogP contribution < -0.4 is 4.90 Å². The number of thiophene rings is 1. The standard InChI is InChI=1S/C28H28N2O4S/c31-25-18-29(27(32)21-14-8-3-9-15-21)17-23(19-10-4-1-5-11-19)30(25)22-16-24(35-26(22)28(33)34)20-12-6-2-7-13-20/h2-3,6-9,12-16,19,23H,1,4-5,10-11,17-18H2,(H,33,34)/t23-/m0/s1. The van der Waals surface area contributed by atoms with E-state index in [-0.39, 0.29) is 35.2 Å². The SMILES string of the molecule is O=C(O)c1sc(-c2ccccc2)cc1N1C(=O)CN(C(=O)c2ccccc2)C[C@H]1C1CCCCC1. The molecule has 1 N–H and O–H groups in total. The lowest BCUT2D eigenvalue weighted by Gasteiger charge is -2.45. The molecule has 1 aromatic heterocycles. The van der Waals surface area contributed by atoms with Crippen molar-refractivity contribution in [2.24, 2.45) is 5.92 Å². The molecular formula is C28H28N2O4S. The van der Waals surface area contributed by atoms with Crippen molar-refractivity contribution >= 4 is 34.8 Å². The van der Waals surface area contributed by atoms with Gasteiger partial charge in [-0.2, -0.15) is 0 Å². The number of amides is 2. The lowest BCUT2D eigenvalue weighted by Crippen LogP contribution is -2.60. The lowest BCUT2D eigenvalue weighted by atomic mass is 9.82.